The highest BCUT2D eigenvalue weighted by atomic mass is 16.2. The monoisotopic (exact) mass is 525 g/mol. The van der Waals surface area contributed by atoms with E-state index in [4.69, 9.17) is 17.2 Å². The smallest absolute Gasteiger partial charge is 0.345 e. The first-order valence-electron chi connectivity index (χ1n) is 10.7. The van der Waals surface area contributed by atoms with Crippen LogP contribution in [-0.2, 0) is 14.4 Å². The summed E-state index contributed by atoms with van der Waals surface area (Å²) in [5.41, 5.74) is 13.5. The van der Waals surface area contributed by atoms with E-state index < -0.39 is 17.1 Å². The highest BCUT2D eigenvalue weighted by molar-refractivity contribution is 5.71. The van der Waals surface area contributed by atoms with Crippen molar-refractivity contribution in [3.8, 4) is 17.1 Å². The molecule has 0 spiro atoms. The Morgan fingerprint density at radius 3 is 0.974 bits per heavy atom. The van der Waals surface area contributed by atoms with Crippen LogP contribution in [0, 0.1) is 0 Å². The van der Waals surface area contributed by atoms with E-state index in [-0.39, 0.29) is 51.2 Å². The molecule has 0 aliphatic heterocycles. The third-order valence-electron chi connectivity index (χ3n) is 5.46. The van der Waals surface area contributed by atoms with Gasteiger partial charge >= 0.3 is 17.1 Å². The van der Waals surface area contributed by atoms with E-state index in [1.807, 2.05) is 0 Å². The number of hydrogen-bond donors (Lipinski definition) is 3. The van der Waals surface area contributed by atoms with Gasteiger partial charge in [0.2, 0.25) is 18.2 Å². The molecule has 0 saturated heterocycles. The van der Waals surface area contributed by atoms with E-state index >= 15 is 0 Å². The van der Waals surface area contributed by atoms with Gasteiger partial charge in [-0.25, -0.2) is 42.5 Å². The maximum atomic E-state index is 13.7. The lowest BCUT2D eigenvalue weighted by Crippen LogP contribution is -2.52. The van der Waals surface area contributed by atoms with E-state index in [0.717, 1.165) is 0 Å². The van der Waals surface area contributed by atoms with Gasteiger partial charge in [-0.2, -0.15) is 15.0 Å². The molecule has 0 aliphatic rings. The highest BCUT2D eigenvalue weighted by Crippen LogP contribution is 2.26. The van der Waals surface area contributed by atoms with Crippen LogP contribution in [0.1, 0.15) is 0 Å². The fourth-order valence-corrected chi connectivity index (χ4v) is 3.66. The molecule has 192 valence electrons. The molecule has 15 heteroatoms. The van der Waals surface area contributed by atoms with Crippen LogP contribution in [0.5, 0.6) is 0 Å². The Balaban J connectivity index is 2.19. The van der Waals surface area contributed by atoms with Crippen LogP contribution < -0.4 is 34.3 Å². The number of aliphatic imine (C=N–C) groups is 3. The summed E-state index contributed by atoms with van der Waals surface area (Å²) in [4.78, 5) is 83.9. The van der Waals surface area contributed by atoms with E-state index in [2.05, 4.69) is 15.0 Å². The molecule has 0 fully saturated rings. The number of isocyanates is 3. The lowest BCUT2D eigenvalue weighted by molar-refractivity contribution is 0.564. The maximum absolute atomic E-state index is 13.7. The van der Waals surface area contributed by atoms with Gasteiger partial charge in [0, 0.05) is 0 Å². The van der Waals surface area contributed by atoms with Crippen LogP contribution in [0.4, 0.5) is 34.1 Å². The molecule has 0 unspecified atom stereocenters. The number of rotatable bonds is 6. The number of nitrogens with zero attached hydrogens (tertiary/aromatic N) is 6. The van der Waals surface area contributed by atoms with E-state index in [9.17, 15) is 28.8 Å². The Kier molecular flexibility index (Phi) is 6.79. The Bertz CT molecular complexity index is 1730. The summed E-state index contributed by atoms with van der Waals surface area (Å²) >= 11 is 0. The number of carbonyl (C=O) groups excluding carboxylic acids is 3. The number of aromatic nitrogens is 3. The molecule has 1 aromatic heterocycles. The first-order chi connectivity index (χ1) is 18.7. The van der Waals surface area contributed by atoms with Crippen molar-refractivity contribution in [3.05, 3.63) is 86.1 Å². The maximum Gasteiger partial charge on any atom is 0.345 e. The first-order valence-corrected chi connectivity index (χ1v) is 10.7. The molecule has 0 atom stereocenters. The van der Waals surface area contributed by atoms with Gasteiger partial charge in [0.25, 0.3) is 0 Å². The summed E-state index contributed by atoms with van der Waals surface area (Å²) in [5, 5.41) is 0. The van der Waals surface area contributed by atoms with Crippen molar-refractivity contribution in [1.82, 2.24) is 13.7 Å². The average Bonchev–Trinajstić information content (AvgIpc) is 2.90. The third kappa shape index (κ3) is 4.60. The Morgan fingerprint density at radius 1 is 0.487 bits per heavy atom. The van der Waals surface area contributed by atoms with Gasteiger partial charge in [0.1, 0.15) is 17.1 Å². The number of hydrogen-bond acceptors (Lipinski definition) is 12. The molecule has 1 heterocycles. The number of nitrogen functional groups attached to an aromatic ring is 3. The minimum atomic E-state index is -1.14. The van der Waals surface area contributed by atoms with Crippen molar-refractivity contribution >= 4 is 52.4 Å². The van der Waals surface area contributed by atoms with Crippen molar-refractivity contribution in [2.75, 3.05) is 17.2 Å². The van der Waals surface area contributed by atoms with Gasteiger partial charge in [-0.1, -0.05) is 0 Å². The van der Waals surface area contributed by atoms with Crippen LogP contribution in [-0.4, -0.2) is 31.9 Å². The topological polar surface area (TPSA) is 232 Å². The van der Waals surface area contributed by atoms with Gasteiger partial charge in [-0.05, 0) is 54.6 Å². The molecule has 4 aromatic rings. The molecule has 0 aliphatic carbocycles. The van der Waals surface area contributed by atoms with E-state index in [0.29, 0.717) is 13.7 Å². The summed E-state index contributed by atoms with van der Waals surface area (Å²) < 4.78 is 1.84. The standard InChI is InChI=1S/C24H15N9O6/c25-16-4-1-13(7-19(16)28-10-34)31-22(37)32(14-2-5-17(26)20(8-14)29-11-35)24(39)33(23(31)38)15-3-6-18(27)21(9-15)30-12-36/h1-9H,25-27H2. The second-order valence-electron chi connectivity index (χ2n) is 7.69. The molecule has 15 nitrogen and oxygen atoms in total. The predicted molar refractivity (Wildman–Crippen MR) is 140 cm³/mol. The fraction of sp³-hybridized carbons (Fsp3) is 0. The molecule has 3 aromatic carbocycles. The van der Waals surface area contributed by atoms with Crippen LogP contribution in [0.3, 0.4) is 0 Å². The molecule has 0 radical (unpaired) electrons. The normalized spacial score (nSPS) is 10.2. The molecular formula is C24H15N9O6. The minimum absolute atomic E-state index is 0.0496. The van der Waals surface area contributed by atoms with Crippen molar-refractivity contribution in [3.63, 3.8) is 0 Å². The predicted octanol–water partition coefficient (Wildman–Crippen LogP) is 0.788. The Labute approximate surface area is 216 Å². The fourth-order valence-electron chi connectivity index (χ4n) is 3.66. The van der Waals surface area contributed by atoms with Crippen LogP contribution in [0.25, 0.3) is 17.1 Å². The van der Waals surface area contributed by atoms with Crippen molar-refractivity contribution in [2.45, 2.75) is 0 Å². The number of nitrogens with two attached hydrogens (primary N) is 3. The largest absolute Gasteiger partial charge is 0.397 e. The molecular weight excluding hydrogens is 510 g/mol. The van der Waals surface area contributed by atoms with E-state index in [1.165, 1.54) is 72.8 Å². The zero-order valence-corrected chi connectivity index (χ0v) is 19.6. The van der Waals surface area contributed by atoms with Gasteiger partial charge in [0.15, 0.2) is 0 Å². The zero-order valence-electron chi connectivity index (χ0n) is 19.6. The number of benzene rings is 3. The lowest BCUT2D eigenvalue weighted by atomic mass is 10.2. The van der Waals surface area contributed by atoms with Gasteiger partial charge < -0.3 is 17.2 Å². The van der Waals surface area contributed by atoms with Crippen molar-refractivity contribution < 1.29 is 14.4 Å². The molecule has 0 amide bonds. The average molecular weight is 525 g/mol. The van der Waals surface area contributed by atoms with Crippen LogP contribution in [0.2, 0.25) is 0 Å². The first kappa shape index (κ1) is 25.7. The molecule has 6 N–H and O–H groups in total. The van der Waals surface area contributed by atoms with Crippen LogP contribution >= 0.6 is 0 Å². The van der Waals surface area contributed by atoms with Gasteiger partial charge in [-0.15, -0.1) is 0 Å². The second kappa shape index (κ2) is 10.3. The Morgan fingerprint density at radius 2 is 0.744 bits per heavy atom. The second-order valence-corrected chi connectivity index (χ2v) is 7.69. The quantitative estimate of drug-likeness (QED) is 0.183. The SMILES string of the molecule is Nc1ccc(-n2c(=O)n(-c3ccc(N)c(N=C=O)c3)c(=O)n(-c3ccc(N)c(N=C=O)c3)c2=O)cc1N=C=O. The zero-order chi connectivity index (χ0) is 28.3. The molecule has 0 bridgehead atoms. The molecule has 4 rings (SSSR count). The summed E-state index contributed by atoms with van der Waals surface area (Å²) in [6.45, 7) is 0. The summed E-state index contributed by atoms with van der Waals surface area (Å²) in [5.74, 6) is 0. The summed E-state index contributed by atoms with van der Waals surface area (Å²) in [6.07, 6.45) is 3.97. The highest BCUT2D eigenvalue weighted by Gasteiger charge is 2.21. The van der Waals surface area contributed by atoms with Crippen molar-refractivity contribution in [1.29, 1.82) is 0 Å². The Hall–Kier alpha value is -6.39. The van der Waals surface area contributed by atoms with Crippen LogP contribution in [0.15, 0.2) is 84.0 Å². The molecule has 0 saturated carbocycles. The van der Waals surface area contributed by atoms with Crippen molar-refractivity contribution in [2.24, 2.45) is 15.0 Å². The summed E-state index contributed by atoms with van der Waals surface area (Å²) in [7, 11) is 0. The molecule has 39 heavy (non-hydrogen) atoms. The third-order valence-corrected chi connectivity index (χ3v) is 5.46. The van der Waals surface area contributed by atoms with E-state index in [1.54, 1.807) is 0 Å². The minimum Gasteiger partial charge on any atom is -0.397 e. The van der Waals surface area contributed by atoms with Gasteiger partial charge in [0.05, 0.1) is 34.1 Å². The summed E-state index contributed by atoms with van der Waals surface area (Å²) in [6, 6.07) is 11.2. The lowest BCUT2D eigenvalue weighted by Gasteiger charge is -2.15. The van der Waals surface area contributed by atoms with Gasteiger partial charge in [-0.3, -0.25) is 0 Å². The number of anilines is 3.